The van der Waals surface area contributed by atoms with Gasteiger partial charge in [-0.2, -0.15) is 0 Å². The average Bonchev–Trinajstić information content (AvgIpc) is 3.32. The van der Waals surface area contributed by atoms with Crippen LogP contribution in [0.4, 0.5) is 0 Å². The highest BCUT2D eigenvalue weighted by molar-refractivity contribution is 5.89. The van der Waals surface area contributed by atoms with Crippen LogP contribution >= 0.6 is 0 Å². The minimum Gasteiger partial charge on any atom is -0.485 e. The standard InChI is InChI=1S/C26H32O7/c1-16(27)32-22-14-23-25(19(22)12-11-18(28)13-17-7-4-3-5-8-17)20-9-6-10-21(26(20)33-23)31-15-24(29)30-2/h6,9-12,17,19,22-23,25H,3-5,7-8,13-15H2,1-2H3/b12-11+/t19?,22?,23-,25?/m0/s1. The number of hydrogen-bond acceptors (Lipinski definition) is 7. The van der Waals surface area contributed by atoms with Crippen molar-refractivity contribution in [3.63, 3.8) is 0 Å². The van der Waals surface area contributed by atoms with Crippen molar-refractivity contribution in [2.24, 2.45) is 11.8 Å². The molecular formula is C26H32O7. The van der Waals surface area contributed by atoms with Crippen molar-refractivity contribution >= 4 is 17.7 Å². The number of fused-ring (bicyclic) bond motifs is 3. The van der Waals surface area contributed by atoms with Crippen molar-refractivity contribution in [1.82, 2.24) is 0 Å². The SMILES string of the molecule is COC(=O)COc1cccc2c1O[C@H]1CC(OC(C)=O)C(/C=C/C(=O)CC3CCCCC3)C21. The van der Waals surface area contributed by atoms with Gasteiger partial charge in [-0.1, -0.05) is 50.3 Å². The lowest BCUT2D eigenvalue weighted by molar-refractivity contribution is -0.147. The summed E-state index contributed by atoms with van der Waals surface area (Å²) in [6.45, 7) is 1.19. The Bertz CT molecular complexity index is 915. The topological polar surface area (TPSA) is 88.1 Å². The molecule has 1 heterocycles. The molecule has 3 unspecified atom stereocenters. The molecular weight excluding hydrogens is 424 g/mol. The second-order valence-electron chi connectivity index (χ2n) is 9.22. The van der Waals surface area contributed by atoms with Crippen LogP contribution in [0.1, 0.15) is 63.4 Å². The Labute approximate surface area is 194 Å². The first-order valence-electron chi connectivity index (χ1n) is 11.8. The monoisotopic (exact) mass is 456 g/mol. The van der Waals surface area contributed by atoms with Crippen LogP contribution in [0.5, 0.6) is 11.5 Å². The number of ether oxygens (including phenoxy) is 4. The van der Waals surface area contributed by atoms with Gasteiger partial charge in [0.1, 0.15) is 12.2 Å². The fourth-order valence-corrected chi connectivity index (χ4v) is 5.47. The first-order chi connectivity index (χ1) is 16.0. The zero-order valence-corrected chi connectivity index (χ0v) is 19.3. The molecule has 3 aliphatic rings. The van der Waals surface area contributed by atoms with E-state index in [1.807, 2.05) is 18.2 Å². The molecule has 0 radical (unpaired) electrons. The Kier molecular flexibility index (Phi) is 7.36. The van der Waals surface area contributed by atoms with Crippen molar-refractivity contribution in [3.05, 3.63) is 35.9 Å². The minimum absolute atomic E-state index is 0.0650. The maximum absolute atomic E-state index is 12.7. The van der Waals surface area contributed by atoms with E-state index in [-0.39, 0.29) is 42.4 Å². The van der Waals surface area contributed by atoms with E-state index in [1.165, 1.54) is 33.3 Å². The molecule has 7 nitrogen and oxygen atoms in total. The molecule has 0 N–H and O–H groups in total. The van der Waals surface area contributed by atoms with E-state index >= 15 is 0 Å². The highest BCUT2D eigenvalue weighted by Gasteiger charge is 2.51. The van der Waals surface area contributed by atoms with Crippen LogP contribution < -0.4 is 9.47 Å². The van der Waals surface area contributed by atoms with Crippen LogP contribution in [0.25, 0.3) is 0 Å². The second kappa shape index (κ2) is 10.4. The molecule has 0 aromatic heterocycles. The van der Waals surface area contributed by atoms with Gasteiger partial charge in [0.05, 0.1) is 7.11 Å². The van der Waals surface area contributed by atoms with E-state index in [9.17, 15) is 14.4 Å². The molecule has 7 heteroatoms. The largest absolute Gasteiger partial charge is 0.485 e. The third-order valence-electron chi connectivity index (χ3n) is 6.96. The lowest BCUT2D eigenvalue weighted by Gasteiger charge is -2.21. The second-order valence-corrected chi connectivity index (χ2v) is 9.22. The van der Waals surface area contributed by atoms with E-state index in [1.54, 1.807) is 12.1 Å². The summed E-state index contributed by atoms with van der Waals surface area (Å²) in [6, 6.07) is 5.57. The quantitative estimate of drug-likeness (QED) is 0.429. The Morgan fingerprint density at radius 1 is 1.15 bits per heavy atom. The van der Waals surface area contributed by atoms with Gasteiger partial charge in [-0.15, -0.1) is 0 Å². The molecule has 2 saturated carbocycles. The van der Waals surface area contributed by atoms with E-state index in [4.69, 9.17) is 14.2 Å². The number of hydrogen-bond donors (Lipinski definition) is 0. The van der Waals surface area contributed by atoms with Crippen molar-refractivity contribution in [2.75, 3.05) is 13.7 Å². The number of rotatable bonds is 8. The molecule has 33 heavy (non-hydrogen) atoms. The Morgan fingerprint density at radius 2 is 1.94 bits per heavy atom. The zero-order valence-electron chi connectivity index (χ0n) is 19.3. The lowest BCUT2D eigenvalue weighted by Crippen LogP contribution is -2.22. The smallest absolute Gasteiger partial charge is 0.343 e. The van der Waals surface area contributed by atoms with Gasteiger partial charge in [0.25, 0.3) is 0 Å². The number of methoxy groups -OCH3 is 1. The first kappa shape index (κ1) is 23.3. The summed E-state index contributed by atoms with van der Waals surface area (Å²) in [6.07, 6.45) is 10.1. The fraction of sp³-hybridized carbons (Fsp3) is 0.577. The van der Waals surface area contributed by atoms with Gasteiger partial charge in [0.15, 0.2) is 23.9 Å². The maximum atomic E-state index is 12.7. The first-order valence-corrected chi connectivity index (χ1v) is 11.8. The molecule has 1 aromatic rings. The van der Waals surface area contributed by atoms with Gasteiger partial charge in [-0.05, 0) is 18.1 Å². The molecule has 0 saturated heterocycles. The summed E-state index contributed by atoms with van der Waals surface area (Å²) in [5.41, 5.74) is 0.936. The lowest BCUT2D eigenvalue weighted by atomic mass is 9.84. The highest BCUT2D eigenvalue weighted by Crippen LogP contribution is 2.54. The number of carbonyl (C=O) groups excluding carboxylic acids is 3. The number of carbonyl (C=O) groups is 3. The van der Waals surface area contributed by atoms with E-state index in [0.29, 0.717) is 30.3 Å². The van der Waals surface area contributed by atoms with Crippen LogP contribution in [-0.2, 0) is 23.9 Å². The van der Waals surface area contributed by atoms with Crippen LogP contribution in [0.3, 0.4) is 0 Å². The van der Waals surface area contributed by atoms with Crippen molar-refractivity contribution in [3.8, 4) is 11.5 Å². The van der Waals surface area contributed by atoms with Gasteiger partial charge >= 0.3 is 11.9 Å². The van der Waals surface area contributed by atoms with Crippen LogP contribution in [0.2, 0.25) is 0 Å². The van der Waals surface area contributed by atoms with E-state index in [0.717, 1.165) is 18.4 Å². The molecule has 178 valence electrons. The average molecular weight is 457 g/mol. The number of ketones is 1. The third kappa shape index (κ3) is 5.40. The van der Waals surface area contributed by atoms with Gasteiger partial charge < -0.3 is 18.9 Å². The molecule has 4 atom stereocenters. The van der Waals surface area contributed by atoms with Crippen LogP contribution in [0, 0.1) is 11.8 Å². The Hall–Kier alpha value is -2.83. The van der Waals surface area contributed by atoms with Crippen molar-refractivity contribution < 1.29 is 33.3 Å². The zero-order chi connectivity index (χ0) is 23.4. The summed E-state index contributed by atoms with van der Waals surface area (Å²) >= 11 is 0. The molecule has 0 amide bonds. The number of esters is 2. The maximum Gasteiger partial charge on any atom is 0.343 e. The predicted octanol–water partition coefficient (Wildman–Crippen LogP) is 4.13. The van der Waals surface area contributed by atoms with E-state index in [2.05, 4.69) is 4.74 Å². The van der Waals surface area contributed by atoms with Gasteiger partial charge in [0.2, 0.25) is 0 Å². The number of para-hydroxylation sites is 1. The van der Waals surface area contributed by atoms with Gasteiger partial charge in [-0.25, -0.2) is 4.79 Å². The normalized spacial score (nSPS) is 26.4. The summed E-state index contributed by atoms with van der Waals surface area (Å²) in [5.74, 6) is 0.621. The summed E-state index contributed by atoms with van der Waals surface area (Å²) in [5, 5.41) is 0. The number of benzene rings is 1. The minimum atomic E-state index is -0.474. The summed E-state index contributed by atoms with van der Waals surface area (Å²) in [7, 11) is 1.31. The van der Waals surface area contributed by atoms with Crippen molar-refractivity contribution in [2.45, 2.75) is 70.0 Å². The highest BCUT2D eigenvalue weighted by atomic mass is 16.6. The Morgan fingerprint density at radius 3 is 2.67 bits per heavy atom. The molecule has 4 rings (SSSR count). The molecule has 1 aliphatic heterocycles. The predicted molar refractivity (Wildman–Crippen MR) is 120 cm³/mol. The third-order valence-corrected chi connectivity index (χ3v) is 6.96. The molecule has 2 aliphatic carbocycles. The van der Waals surface area contributed by atoms with Crippen LogP contribution in [-0.4, -0.2) is 43.6 Å². The van der Waals surface area contributed by atoms with Gasteiger partial charge in [0, 0.05) is 37.2 Å². The fourth-order valence-electron chi connectivity index (χ4n) is 5.47. The van der Waals surface area contributed by atoms with E-state index < -0.39 is 5.97 Å². The molecule has 0 bridgehead atoms. The van der Waals surface area contributed by atoms with Crippen molar-refractivity contribution in [1.29, 1.82) is 0 Å². The number of allylic oxidation sites excluding steroid dienone is 1. The summed E-state index contributed by atoms with van der Waals surface area (Å²) in [4.78, 5) is 35.9. The molecule has 0 spiro atoms. The van der Waals surface area contributed by atoms with Gasteiger partial charge in [-0.3, -0.25) is 9.59 Å². The Balaban J connectivity index is 1.52. The summed E-state index contributed by atoms with van der Waals surface area (Å²) < 4.78 is 22.1. The molecule has 2 fully saturated rings. The van der Waals surface area contributed by atoms with Crippen LogP contribution in [0.15, 0.2) is 30.4 Å². The molecule has 1 aromatic carbocycles.